The zero-order valence-electron chi connectivity index (χ0n) is 8.52. The minimum absolute atomic E-state index is 0.247. The molecule has 0 bridgehead atoms. The topological polar surface area (TPSA) is 35.2 Å². The zero-order valence-corrected chi connectivity index (χ0v) is 8.52. The van der Waals surface area contributed by atoms with E-state index < -0.39 is 0 Å². The molecule has 72 valence electrons. The summed E-state index contributed by atoms with van der Waals surface area (Å²) < 4.78 is 5.36. The Bertz CT molecular complexity index is 148. The largest absolute Gasteiger partial charge is 0.381 e. The maximum atomic E-state index is 5.78. The van der Waals surface area contributed by atoms with Crippen LogP contribution in [0.15, 0.2) is 0 Å². The van der Waals surface area contributed by atoms with Crippen molar-refractivity contribution in [3.63, 3.8) is 0 Å². The molecule has 1 fully saturated rings. The first-order valence-electron chi connectivity index (χ1n) is 4.80. The summed E-state index contributed by atoms with van der Waals surface area (Å²) >= 11 is 0. The van der Waals surface area contributed by atoms with Gasteiger partial charge in [-0.1, -0.05) is 20.8 Å². The molecule has 12 heavy (non-hydrogen) atoms. The lowest BCUT2D eigenvalue weighted by molar-refractivity contribution is -0.0379. The highest BCUT2D eigenvalue weighted by atomic mass is 16.5. The van der Waals surface area contributed by atoms with Gasteiger partial charge in [-0.3, -0.25) is 0 Å². The van der Waals surface area contributed by atoms with Crippen LogP contribution in [0.5, 0.6) is 0 Å². The van der Waals surface area contributed by atoms with Crippen LogP contribution in [0.2, 0.25) is 0 Å². The van der Waals surface area contributed by atoms with Gasteiger partial charge in [0.05, 0.1) is 0 Å². The zero-order chi connectivity index (χ0) is 9.24. The predicted octanol–water partition coefficient (Wildman–Crippen LogP) is 1.79. The quantitative estimate of drug-likeness (QED) is 0.687. The fourth-order valence-corrected chi connectivity index (χ4v) is 1.75. The van der Waals surface area contributed by atoms with Gasteiger partial charge in [0, 0.05) is 13.2 Å². The minimum atomic E-state index is 0.247. The molecule has 2 heteroatoms. The molecule has 0 aromatic rings. The first kappa shape index (κ1) is 10.0. The second-order valence-electron chi connectivity index (χ2n) is 4.76. The SMILES string of the molecule is CC(C)(CN)C1(C)CCOCC1. The summed E-state index contributed by atoms with van der Waals surface area (Å²) in [4.78, 5) is 0. The van der Waals surface area contributed by atoms with Crippen molar-refractivity contribution in [2.45, 2.75) is 33.6 Å². The molecule has 0 aromatic heterocycles. The van der Waals surface area contributed by atoms with E-state index in [0.29, 0.717) is 5.41 Å². The number of hydrogen-bond acceptors (Lipinski definition) is 2. The molecule has 0 aromatic carbocycles. The molecular weight excluding hydrogens is 150 g/mol. The molecular formula is C10H21NO. The van der Waals surface area contributed by atoms with Crippen LogP contribution in [0.4, 0.5) is 0 Å². The highest BCUT2D eigenvalue weighted by molar-refractivity contribution is 4.91. The predicted molar refractivity (Wildman–Crippen MR) is 51.0 cm³/mol. The second kappa shape index (κ2) is 3.35. The van der Waals surface area contributed by atoms with Crippen LogP contribution < -0.4 is 5.73 Å². The van der Waals surface area contributed by atoms with Gasteiger partial charge in [-0.25, -0.2) is 0 Å². The first-order valence-corrected chi connectivity index (χ1v) is 4.80. The first-order chi connectivity index (χ1) is 5.52. The number of ether oxygens (including phenoxy) is 1. The highest BCUT2D eigenvalue weighted by Crippen LogP contribution is 2.45. The molecule has 0 atom stereocenters. The second-order valence-corrected chi connectivity index (χ2v) is 4.76. The summed E-state index contributed by atoms with van der Waals surface area (Å²) in [6, 6.07) is 0. The van der Waals surface area contributed by atoms with E-state index in [1.54, 1.807) is 0 Å². The van der Waals surface area contributed by atoms with Gasteiger partial charge in [-0.05, 0) is 30.2 Å². The lowest BCUT2D eigenvalue weighted by Gasteiger charge is -2.46. The van der Waals surface area contributed by atoms with Gasteiger partial charge in [0.25, 0.3) is 0 Å². The average molecular weight is 171 g/mol. The summed E-state index contributed by atoms with van der Waals surface area (Å²) in [7, 11) is 0. The summed E-state index contributed by atoms with van der Waals surface area (Å²) in [5.41, 5.74) is 6.40. The summed E-state index contributed by atoms with van der Waals surface area (Å²) in [6.45, 7) is 9.43. The standard InChI is InChI=1S/C10H21NO/c1-9(2,8-11)10(3)4-6-12-7-5-10/h4-8,11H2,1-3H3. The fourth-order valence-electron chi connectivity index (χ4n) is 1.75. The van der Waals surface area contributed by atoms with Gasteiger partial charge in [0.2, 0.25) is 0 Å². The summed E-state index contributed by atoms with van der Waals surface area (Å²) in [5.74, 6) is 0. The van der Waals surface area contributed by atoms with E-state index >= 15 is 0 Å². The molecule has 1 aliphatic rings. The van der Waals surface area contributed by atoms with E-state index in [0.717, 1.165) is 32.6 Å². The van der Waals surface area contributed by atoms with Crippen molar-refractivity contribution in [3.8, 4) is 0 Å². The molecule has 1 saturated heterocycles. The Morgan fingerprint density at radius 1 is 1.33 bits per heavy atom. The van der Waals surface area contributed by atoms with Crippen LogP contribution in [0.3, 0.4) is 0 Å². The van der Waals surface area contributed by atoms with Crippen molar-refractivity contribution in [1.82, 2.24) is 0 Å². The van der Waals surface area contributed by atoms with Crippen molar-refractivity contribution in [2.75, 3.05) is 19.8 Å². The molecule has 0 unspecified atom stereocenters. The van der Waals surface area contributed by atoms with E-state index in [-0.39, 0.29) is 5.41 Å². The Kier molecular flexibility index (Phi) is 2.79. The van der Waals surface area contributed by atoms with Gasteiger partial charge in [0.1, 0.15) is 0 Å². The van der Waals surface area contributed by atoms with E-state index in [1.807, 2.05) is 0 Å². The smallest absolute Gasteiger partial charge is 0.0471 e. The van der Waals surface area contributed by atoms with Crippen molar-refractivity contribution >= 4 is 0 Å². The Morgan fingerprint density at radius 2 is 1.83 bits per heavy atom. The van der Waals surface area contributed by atoms with E-state index in [2.05, 4.69) is 20.8 Å². The molecule has 2 N–H and O–H groups in total. The van der Waals surface area contributed by atoms with Gasteiger partial charge < -0.3 is 10.5 Å². The van der Waals surface area contributed by atoms with Crippen molar-refractivity contribution in [1.29, 1.82) is 0 Å². The number of nitrogens with two attached hydrogens (primary N) is 1. The number of hydrogen-bond donors (Lipinski definition) is 1. The van der Waals surface area contributed by atoms with Gasteiger partial charge in [-0.15, -0.1) is 0 Å². The molecule has 0 spiro atoms. The Morgan fingerprint density at radius 3 is 2.25 bits per heavy atom. The highest BCUT2D eigenvalue weighted by Gasteiger charge is 2.40. The Balaban J connectivity index is 2.68. The van der Waals surface area contributed by atoms with Gasteiger partial charge in [-0.2, -0.15) is 0 Å². The van der Waals surface area contributed by atoms with E-state index in [9.17, 15) is 0 Å². The molecule has 0 amide bonds. The summed E-state index contributed by atoms with van der Waals surface area (Å²) in [6.07, 6.45) is 2.30. The van der Waals surface area contributed by atoms with Crippen LogP contribution in [0, 0.1) is 10.8 Å². The Labute approximate surface area is 75.5 Å². The molecule has 0 radical (unpaired) electrons. The molecule has 1 heterocycles. The minimum Gasteiger partial charge on any atom is -0.381 e. The van der Waals surface area contributed by atoms with E-state index in [1.165, 1.54) is 0 Å². The maximum Gasteiger partial charge on any atom is 0.0471 e. The third-order valence-corrected chi connectivity index (χ3v) is 3.74. The van der Waals surface area contributed by atoms with Crippen molar-refractivity contribution < 1.29 is 4.74 Å². The molecule has 0 aliphatic carbocycles. The van der Waals surface area contributed by atoms with Crippen LogP contribution in [0.25, 0.3) is 0 Å². The third-order valence-electron chi connectivity index (χ3n) is 3.74. The Hall–Kier alpha value is -0.0800. The van der Waals surface area contributed by atoms with Crippen LogP contribution in [-0.4, -0.2) is 19.8 Å². The summed E-state index contributed by atoms with van der Waals surface area (Å²) in [5, 5.41) is 0. The molecule has 2 nitrogen and oxygen atoms in total. The van der Waals surface area contributed by atoms with Crippen LogP contribution in [-0.2, 0) is 4.74 Å². The van der Waals surface area contributed by atoms with Gasteiger partial charge >= 0.3 is 0 Å². The van der Waals surface area contributed by atoms with E-state index in [4.69, 9.17) is 10.5 Å². The van der Waals surface area contributed by atoms with Crippen LogP contribution >= 0.6 is 0 Å². The van der Waals surface area contributed by atoms with Crippen LogP contribution in [0.1, 0.15) is 33.6 Å². The lowest BCUT2D eigenvalue weighted by Crippen LogP contribution is -2.44. The molecule has 1 aliphatic heterocycles. The molecule has 1 rings (SSSR count). The molecule has 0 saturated carbocycles. The van der Waals surface area contributed by atoms with Crippen molar-refractivity contribution in [2.24, 2.45) is 16.6 Å². The maximum absolute atomic E-state index is 5.78. The lowest BCUT2D eigenvalue weighted by atomic mass is 9.62. The third kappa shape index (κ3) is 1.64. The monoisotopic (exact) mass is 171 g/mol. The average Bonchev–Trinajstić information content (AvgIpc) is 2.06. The van der Waals surface area contributed by atoms with Gasteiger partial charge in [0.15, 0.2) is 0 Å². The number of rotatable bonds is 2. The fraction of sp³-hybridized carbons (Fsp3) is 1.00. The normalized spacial score (nSPS) is 24.0. The van der Waals surface area contributed by atoms with Crippen molar-refractivity contribution in [3.05, 3.63) is 0 Å².